The van der Waals surface area contributed by atoms with Crippen LogP contribution < -0.4 is 4.90 Å². The number of Topliss-reactive ketones (excluding diaryl/α,β-unsaturated/α-hetero) is 1. The van der Waals surface area contributed by atoms with Gasteiger partial charge in [-0.05, 0) is 47.5 Å². The van der Waals surface area contributed by atoms with E-state index in [-0.39, 0.29) is 23.4 Å². The first-order chi connectivity index (χ1) is 15.6. The Balaban J connectivity index is 1.51. The zero-order chi connectivity index (χ0) is 22.0. The Hall–Kier alpha value is -3.45. The van der Waals surface area contributed by atoms with E-state index < -0.39 is 23.9 Å². The van der Waals surface area contributed by atoms with Crippen LogP contribution in [0.1, 0.15) is 27.7 Å². The van der Waals surface area contributed by atoms with Gasteiger partial charge in [0.25, 0.3) is 0 Å². The van der Waals surface area contributed by atoms with Crippen molar-refractivity contribution < 1.29 is 18.8 Å². The molecule has 3 aromatic rings. The van der Waals surface area contributed by atoms with Gasteiger partial charge in [0.1, 0.15) is 6.04 Å². The highest BCUT2D eigenvalue weighted by molar-refractivity contribution is 9.10. The summed E-state index contributed by atoms with van der Waals surface area (Å²) in [6.45, 7) is 0. The lowest BCUT2D eigenvalue weighted by molar-refractivity contribution is -0.123. The number of amides is 2. The van der Waals surface area contributed by atoms with Gasteiger partial charge in [0.05, 0.1) is 29.8 Å². The zero-order valence-electron chi connectivity index (χ0n) is 16.7. The van der Waals surface area contributed by atoms with Crippen LogP contribution in [0.5, 0.6) is 0 Å². The van der Waals surface area contributed by atoms with Crippen LogP contribution in [0.2, 0.25) is 0 Å². The summed E-state index contributed by atoms with van der Waals surface area (Å²) in [7, 11) is 0. The summed E-state index contributed by atoms with van der Waals surface area (Å²) in [5.74, 6) is -2.23. The van der Waals surface area contributed by atoms with Crippen molar-refractivity contribution in [3.63, 3.8) is 0 Å². The summed E-state index contributed by atoms with van der Waals surface area (Å²) >= 11 is 3.42. The van der Waals surface area contributed by atoms with Crippen molar-refractivity contribution in [2.75, 3.05) is 4.90 Å². The third-order valence-corrected chi connectivity index (χ3v) is 7.05. The highest BCUT2D eigenvalue weighted by Gasteiger charge is 2.64. The Morgan fingerprint density at radius 3 is 2.53 bits per heavy atom. The van der Waals surface area contributed by atoms with Gasteiger partial charge in [-0.2, -0.15) is 0 Å². The van der Waals surface area contributed by atoms with Crippen LogP contribution in [0.3, 0.4) is 0 Å². The number of nitrogens with zero attached hydrogens (tertiary/aromatic N) is 2. The van der Waals surface area contributed by atoms with Gasteiger partial charge in [-0.25, -0.2) is 4.90 Å². The van der Waals surface area contributed by atoms with Crippen LogP contribution in [0.25, 0.3) is 6.08 Å². The van der Waals surface area contributed by atoms with E-state index in [4.69, 9.17) is 4.42 Å². The summed E-state index contributed by atoms with van der Waals surface area (Å²) in [5, 5.41) is 0. The number of anilines is 1. The Morgan fingerprint density at radius 2 is 1.75 bits per heavy atom. The number of hydrogen-bond donors (Lipinski definition) is 0. The molecule has 1 aromatic heterocycles. The minimum Gasteiger partial charge on any atom is -0.461 e. The molecule has 2 aromatic carbocycles. The van der Waals surface area contributed by atoms with Gasteiger partial charge < -0.3 is 9.32 Å². The van der Waals surface area contributed by atoms with E-state index in [2.05, 4.69) is 15.9 Å². The fourth-order valence-electron chi connectivity index (χ4n) is 5.29. The predicted molar refractivity (Wildman–Crippen MR) is 120 cm³/mol. The van der Waals surface area contributed by atoms with Gasteiger partial charge in [0, 0.05) is 10.7 Å². The standard InChI is InChI=1S/C25H17BrN2O4/c26-15-6-3-7-16(13-15)28-24(30)19-20(25(28)31)22(23(29)18-9-4-12-32-18)27-11-10-14-5-1-2-8-17(14)21(19)27/h1-13,19-22H/t19-,20-,21+,22+/m1/s1. The quantitative estimate of drug-likeness (QED) is 0.402. The van der Waals surface area contributed by atoms with E-state index in [0.29, 0.717) is 5.69 Å². The topological polar surface area (TPSA) is 70.8 Å². The molecule has 4 atom stereocenters. The van der Waals surface area contributed by atoms with Crippen LogP contribution in [0.15, 0.2) is 82.0 Å². The van der Waals surface area contributed by atoms with Crippen molar-refractivity contribution in [2.24, 2.45) is 11.8 Å². The third-order valence-electron chi connectivity index (χ3n) is 6.56. The average molecular weight is 489 g/mol. The molecule has 0 unspecified atom stereocenters. The minimum atomic E-state index is -0.825. The number of rotatable bonds is 3. The van der Waals surface area contributed by atoms with E-state index in [1.807, 2.05) is 47.5 Å². The summed E-state index contributed by atoms with van der Waals surface area (Å²) in [5.41, 5.74) is 2.43. The molecule has 2 amide bonds. The minimum absolute atomic E-state index is 0.183. The summed E-state index contributed by atoms with van der Waals surface area (Å²) in [6.07, 6.45) is 5.20. The number of hydrogen-bond acceptors (Lipinski definition) is 5. The second-order valence-corrected chi connectivity index (χ2v) is 9.08. The first-order valence-corrected chi connectivity index (χ1v) is 11.1. The smallest absolute Gasteiger partial charge is 0.240 e. The SMILES string of the molecule is O=C(c1ccco1)[C@@H]1[C@@H]2C(=O)N(c3cccc(Br)c3)C(=O)[C@H]2[C@@H]2c3ccccc3C=CN12. The molecular formula is C25H17BrN2O4. The number of ketones is 1. The number of benzene rings is 2. The van der Waals surface area contributed by atoms with Crippen molar-refractivity contribution in [2.45, 2.75) is 12.1 Å². The molecule has 2 fully saturated rings. The van der Waals surface area contributed by atoms with Crippen molar-refractivity contribution >= 4 is 45.3 Å². The summed E-state index contributed by atoms with van der Waals surface area (Å²) in [4.78, 5) is 44.1. The highest BCUT2D eigenvalue weighted by Crippen LogP contribution is 2.53. The molecule has 6 nitrogen and oxygen atoms in total. The molecule has 0 bridgehead atoms. The second kappa shape index (κ2) is 7.03. The van der Waals surface area contributed by atoms with E-state index >= 15 is 0 Å². The average Bonchev–Trinajstić information content (AvgIpc) is 3.50. The van der Waals surface area contributed by atoms with Crippen LogP contribution in [-0.2, 0) is 9.59 Å². The molecular weight excluding hydrogens is 472 g/mol. The molecule has 4 heterocycles. The molecule has 7 heteroatoms. The van der Waals surface area contributed by atoms with Gasteiger partial charge in [-0.15, -0.1) is 0 Å². The molecule has 0 aliphatic carbocycles. The fraction of sp³-hybridized carbons (Fsp3) is 0.160. The van der Waals surface area contributed by atoms with Crippen molar-refractivity contribution in [3.8, 4) is 0 Å². The van der Waals surface area contributed by atoms with E-state index in [1.165, 1.54) is 11.2 Å². The third kappa shape index (κ3) is 2.61. The lowest BCUT2D eigenvalue weighted by Gasteiger charge is -2.35. The summed E-state index contributed by atoms with van der Waals surface area (Å²) in [6, 6.07) is 16.9. The second-order valence-electron chi connectivity index (χ2n) is 8.17. The Morgan fingerprint density at radius 1 is 0.938 bits per heavy atom. The number of fused-ring (bicyclic) bond motifs is 5. The van der Waals surface area contributed by atoms with Crippen molar-refractivity contribution in [1.82, 2.24) is 4.90 Å². The van der Waals surface area contributed by atoms with Gasteiger partial charge in [0.15, 0.2) is 5.76 Å². The van der Waals surface area contributed by atoms with Gasteiger partial charge in [-0.1, -0.05) is 46.3 Å². The first-order valence-electron chi connectivity index (χ1n) is 10.3. The predicted octanol–water partition coefficient (Wildman–Crippen LogP) is 4.44. The molecule has 32 heavy (non-hydrogen) atoms. The van der Waals surface area contributed by atoms with Crippen LogP contribution in [0, 0.1) is 11.8 Å². The number of carbonyl (C=O) groups is 3. The largest absolute Gasteiger partial charge is 0.461 e. The molecule has 3 aliphatic heterocycles. The Kier molecular flexibility index (Phi) is 4.23. The van der Waals surface area contributed by atoms with Crippen molar-refractivity contribution in [3.05, 3.63) is 94.5 Å². The Bertz CT molecular complexity index is 1300. The first kappa shape index (κ1) is 19.3. The molecule has 0 N–H and O–H groups in total. The van der Waals surface area contributed by atoms with Gasteiger partial charge >= 0.3 is 0 Å². The van der Waals surface area contributed by atoms with E-state index in [0.717, 1.165) is 15.6 Å². The molecule has 2 saturated heterocycles. The maximum absolute atomic E-state index is 13.7. The molecule has 0 radical (unpaired) electrons. The van der Waals surface area contributed by atoms with Crippen LogP contribution in [-0.4, -0.2) is 28.5 Å². The number of imide groups is 1. The highest BCUT2D eigenvalue weighted by atomic mass is 79.9. The molecule has 3 aliphatic rings. The summed E-state index contributed by atoms with van der Waals surface area (Å²) < 4.78 is 6.15. The Labute approximate surface area is 192 Å². The molecule has 158 valence electrons. The number of carbonyl (C=O) groups excluding carboxylic acids is 3. The maximum atomic E-state index is 13.7. The molecule has 0 saturated carbocycles. The van der Waals surface area contributed by atoms with E-state index in [9.17, 15) is 14.4 Å². The van der Waals surface area contributed by atoms with Crippen LogP contribution in [0.4, 0.5) is 5.69 Å². The van der Waals surface area contributed by atoms with Crippen molar-refractivity contribution in [1.29, 1.82) is 0 Å². The lowest BCUT2D eigenvalue weighted by atomic mass is 9.84. The van der Waals surface area contributed by atoms with Crippen LogP contribution >= 0.6 is 15.9 Å². The molecule has 0 spiro atoms. The fourth-order valence-corrected chi connectivity index (χ4v) is 5.68. The molecule has 6 rings (SSSR count). The van der Waals surface area contributed by atoms with E-state index in [1.54, 1.807) is 30.3 Å². The number of halogens is 1. The van der Waals surface area contributed by atoms with Gasteiger partial charge in [0.2, 0.25) is 17.6 Å². The maximum Gasteiger partial charge on any atom is 0.240 e. The lowest BCUT2D eigenvalue weighted by Crippen LogP contribution is -2.44. The van der Waals surface area contributed by atoms with Gasteiger partial charge in [-0.3, -0.25) is 14.4 Å². The normalized spacial score (nSPS) is 25.7. The monoisotopic (exact) mass is 488 g/mol. The number of furan rings is 1. The zero-order valence-corrected chi connectivity index (χ0v) is 18.3.